The van der Waals surface area contributed by atoms with E-state index in [1.165, 1.54) is 0 Å². The standard InChI is InChI=1S/C15H21N5O/c1-20-9-7-11(10-20)17-15(21)16-8-6-14-18-12-4-2-3-5-13(12)19-14/h2-5,11H,6-10H2,1H3,(H,18,19)(H2,16,17,21)/t11-/m1/s1. The van der Waals surface area contributed by atoms with Gasteiger partial charge in [0.2, 0.25) is 0 Å². The number of H-pyrrole nitrogens is 1. The Morgan fingerprint density at radius 3 is 3.10 bits per heavy atom. The van der Waals surface area contributed by atoms with Crippen LogP contribution in [0.3, 0.4) is 0 Å². The summed E-state index contributed by atoms with van der Waals surface area (Å²) in [6, 6.07) is 8.10. The Kier molecular flexibility index (Phi) is 4.06. The van der Waals surface area contributed by atoms with Crippen LogP contribution in [0, 0.1) is 0 Å². The second-order valence-corrected chi connectivity index (χ2v) is 5.60. The van der Waals surface area contributed by atoms with Gasteiger partial charge in [0.15, 0.2) is 0 Å². The quantitative estimate of drug-likeness (QED) is 0.788. The summed E-state index contributed by atoms with van der Waals surface area (Å²) < 4.78 is 0. The summed E-state index contributed by atoms with van der Waals surface area (Å²) >= 11 is 0. The first-order valence-corrected chi connectivity index (χ1v) is 7.37. The van der Waals surface area contributed by atoms with Crippen molar-refractivity contribution in [2.24, 2.45) is 0 Å². The first-order chi connectivity index (χ1) is 10.2. The molecule has 1 aliphatic rings. The van der Waals surface area contributed by atoms with Crippen LogP contribution in [0.5, 0.6) is 0 Å². The molecule has 0 radical (unpaired) electrons. The highest BCUT2D eigenvalue weighted by Crippen LogP contribution is 2.10. The van der Waals surface area contributed by atoms with E-state index >= 15 is 0 Å². The maximum Gasteiger partial charge on any atom is 0.315 e. The smallest absolute Gasteiger partial charge is 0.315 e. The number of urea groups is 1. The van der Waals surface area contributed by atoms with Crippen molar-refractivity contribution in [3.8, 4) is 0 Å². The van der Waals surface area contributed by atoms with E-state index in [4.69, 9.17) is 0 Å². The van der Waals surface area contributed by atoms with Gasteiger partial charge >= 0.3 is 6.03 Å². The third-order valence-electron chi connectivity index (χ3n) is 3.81. The highest BCUT2D eigenvalue weighted by Gasteiger charge is 2.20. The molecule has 0 saturated carbocycles. The van der Waals surface area contributed by atoms with Crippen molar-refractivity contribution in [3.05, 3.63) is 30.1 Å². The SMILES string of the molecule is CN1CC[C@@H](NC(=O)NCCc2nc3ccccc3[nH]2)C1. The van der Waals surface area contributed by atoms with E-state index in [0.717, 1.165) is 36.4 Å². The lowest BCUT2D eigenvalue weighted by Gasteiger charge is -2.13. The van der Waals surface area contributed by atoms with E-state index in [-0.39, 0.29) is 12.1 Å². The minimum absolute atomic E-state index is 0.0913. The zero-order chi connectivity index (χ0) is 14.7. The van der Waals surface area contributed by atoms with Crippen LogP contribution >= 0.6 is 0 Å². The Bertz CT molecular complexity index is 590. The van der Waals surface area contributed by atoms with Crippen LogP contribution in [-0.4, -0.2) is 53.6 Å². The van der Waals surface area contributed by atoms with Gasteiger partial charge in [-0.25, -0.2) is 9.78 Å². The molecule has 3 N–H and O–H groups in total. The number of amides is 2. The van der Waals surface area contributed by atoms with Gasteiger partial charge in [-0.1, -0.05) is 12.1 Å². The number of hydrogen-bond acceptors (Lipinski definition) is 3. The summed E-state index contributed by atoms with van der Waals surface area (Å²) in [6.45, 7) is 2.55. The summed E-state index contributed by atoms with van der Waals surface area (Å²) in [7, 11) is 2.07. The first-order valence-electron chi connectivity index (χ1n) is 7.37. The molecule has 1 aliphatic heterocycles. The van der Waals surface area contributed by atoms with Gasteiger partial charge in [0.05, 0.1) is 11.0 Å². The number of benzene rings is 1. The van der Waals surface area contributed by atoms with Crippen LogP contribution in [0.15, 0.2) is 24.3 Å². The number of carbonyl (C=O) groups excluding carboxylic acids is 1. The maximum absolute atomic E-state index is 11.8. The number of nitrogens with zero attached hydrogens (tertiary/aromatic N) is 2. The lowest BCUT2D eigenvalue weighted by molar-refractivity contribution is 0.237. The lowest BCUT2D eigenvalue weighted by atomic mass is 10.3. The van der Waals surface area contributed by atoms with Crippen molar-refractivity contribution >= 4 is 17.1 Å². The van der Waals surface area contributed by atoms with Gasteiger partial charge in [-0.05, 0) is 32.1 Å². The van der Waals surface area contributed by atoms with Crippen molar-refractivity contribution in [3.63, 3.8) is 0 Å². The van der Waals surface area contributed by atoms with Crippen LogP contribution in [0.25, 0.3) is 11.0 Å². The number of carbonyl (C=O) groups is 1. The molecule has 2 aromatic rings. The summed E-state index contributed by atoms with van der Waals surface area (Å²) in [4.78, 5) is 21.8. The van der Waals surface area contributed by atoms with E-state index in [1.54, 1.807) is 0 Å². The van der Waals surface area contributed by atoms with E-state index in [0.29, 0.717) is 13.0 Å². The van der Waals surface area contributed by atoms with Gasteiger partial charge in [0, 0.05) is 25.6 Å². The fourth-order valence-corrected chi connectivity index (χ4v) is 2.71. The van der Waals surface area contributed by atoms with Crippen LogP contribution in [0.2, 0.25) is 0 Å². The Labute approximate surface area is 123 Å². The first kappa shape index (κ1) is 13.9. The van der Waals surface area contributed by atoms with Gasteiger partial charge in [-0.3, -0.25) is 0 Å². The van der Waals surface area contributed by atoms with Crippen molar-refractivity contribution in [1.82, 2.24) is 25.5 Å². The topological polar surface area (TPSA) is 73.1 Å². The molecule has 1 aromatic heterocycles. The minimum atomic E-state index is -0.0913. The lowest BCUT2D eigenvalue weighted by Crippen LogP contribution is -2.43. The number of aromatic amines is 1. The highest BCUT2D eigenvalue weighted by molar-refractivity contribution is 5.75. The predicted octanol–water partition coefficient (Wildman–Crippen LogP) is 1.11. The molecule has 2 amide bonds. The number of rotatable bonds is 4. The van der Waals surface area contributed by atoms with E-state index < -0.39 is 0 Å². The molecule has 1 fully saturated rings. The number of likely N-dealkylation sites (tertiary alicyclic amines) is 1. The largest absolute Gasteiger partial charge is 0.342 e. The van der Waals surface area contributed by atoms with Crippen molar-refractivity contribution in [1.29, 1.82) is 0 Å². The number of fused-ring (bicyclic) bond motifs is 1. The van der Waals surface area contributed by atoms with Crippen LogP contribution in [0.4, 0.5) is 4.79 Å². The monoisotopic (exact) mass is 287 g/mol. The molecule has 112 valence electrons. The fourth-order valence-electron chi connectivity index (χ4n) is 2.71. The van der Waals surface area contributed by atoms with Crippen LogP contribution in [-0.2, 0) is 6.42 Å². The molecular weight excluding hydrogens is 266 g/mol. The third kappa shape index (κ3) is 3.52. The zero-order valence-electron chi connectivity index (χ0n) is 12.2. The normalized spacial score (nSPS) is 19.0. The number of nitrogens with one attached hydrogen (secondary N) is 3. The van der Waals surface area contributed by atoms with Gasteiger partial charge in [0.1, 0.15) is 5.82 Å². The second kappa shape index (κ2) is 6.13. The molecule has 1 atom stereocenters. The molecule has 3 rings (SSSR count). The summed E-state index contributed by atoms with van der Waals surface area (Å²) in [6.07, 6.45) is 1.72. The van der Waals surface area contributed by atoms with E-state index in [1.807, 2.05) is 24.3 Å². The Hall–Kier alpha value is -2.08. The summed E-state index contributed by atoms with van der Waals surface area (Å²) in [5, 5.41) is 5.89. The van der Waals surface area contributed by atoms with E-state index in [2.05, 4.69) is 32.5 Å². The van der Waals surface area contributed by atoms with E-state index in [9.17, 15) is 4.79 Å². The predicted molar refractivity (Wildman–Crippen MR) is 82.2 cm³/mol. The van der Waals surface area contributed by atoms with Crippen molar-refractivity contribution in [2.75, 3.05) is 26.7 Å². The maximum atomic E-state index is 11.8. The number of hydrogen-bond donors (Lipinski definition) is 3. The van der Waals surface area contributed by atoms with Gasteiger partial charge in [0.25, 0.3) is 0 Å². The van der Waals surface area contributed by atoms with Gasteiger partial charge in [-0.15, -0.1) is 0 Å². The summed E-state index contributed by atoms with van der Waals surface area (Å²) in [5.41, 5.74) is 2.00. The molecule has 0 spiro atoms. The third-order valence-corrected chi connectivity index (χ3v) is 3.81. The molecule has 6 heteroatoms. The molecule has 21 heavy (non-hydrogen) atoms. The molecule has 1 aromatic carbocycles. The molecule has 1 saturated heterocycles. The van der Waals surface area contributed by atoms with Gasteiger partial charge in [-0.2, -0.15) is 0 Å². The molecule has 2 heterocycles. The number of para-hydroxylation sites is 2. The molecule has 6 nitrogen and oxygen atoms in total. The van der Waals surface area contributed by atoms with Gasteiger partial charge < -0.3 is 20.5 Å². The molecule has 0 unspecified atom stereocenters. The Morgan fingerprint density at radius 2 is 2.33 bits per heavy atom. The average molecular weight is 287 g/mol. The molecule has 0 bridgehead atoms. The second-order valence-electron chi connectivity index (χ2n) is 5.60. The highest BCUT2D eigenvalue weighted by atomic mass is 16.2. The number of likely N-dealkylation sites (N-methyl/N-ethyl adjacent to an activating group) is 1. The average Bonchev–Trinajstić information content (AvgIpc) is 3.04. The van der Waals surface area contributed by atoms with Crippen LogP contribution < -0.4 is 10.6 Å². The fraction of sp³-hybridized carbons (Fsp3) is 0.467. The minimum Gasteiger partial charge on any atom is -0.342 e. The Balaban J connectivity index is 1.44. The summed E-state index contributed by atoms with van der Waals surface area (Å²) in [5.74, 6) is 0.900. The van der Waals surface area contributed by atoms with Crippen LogP contribution in [0.1, 0.15) is 12.2 Å². The molecule has 0 aliphatic carbocycles. The van der Waals surface area contributed by atoms with Crippen molar-refractivity contribution < 1.29 is 4.79 Å². The van der Waals surface area contributed by atoms with Crippen molar-refractivity contribution in [2.45, 2.75) is 18.9 Å². The zero-order valence-corrected chi connectivity index (χ0v) is 12.2. The number of aromatic nitrogens is 2. The molecular formula is C15H21N5O. The number of imidazole rings is 1. The Morgan fingerprint density at radius 1 is 1.48 bits per heavy atom.